The zero-order valence-corrected chi connectivity index (χ0v) is 12.3. The second-order valence-corrected chi connectivity index (χ2v) is 5.65. The molecule has 0 bridgehead atoms. The van der Waals surface area contributed by atoms with Crippen LogP contribution in [0.4, 0.5) is 0 Å². The molecule has 0 saturated carbocycles. The van der Waals surface area contributed by atoms with Crippen molar-refractivity contribution < 1.29 is 14.3 Å². The van der Waals surface area contributed by atoms with Crippen molar-refractivity contribution in [2.75, 3.05) is 13.2 Å². The molecule has 20 heavy (non-hydrogen) atoms. The molecule has 2 heterocycles. The highest BCUT2D eigenvalue weighted by Gasteiger charge is 2.29. The van der Waals surface area contributed by atoms with Crippen LogP contribution in [0.25, 0.3) is 0 Å². The monoisotopic (exact) mass is 278 g/mol. The Balaban J connectivity index is 2.05. The molecule has 0 atom stereocenters. The third-order valence-corrected chi connectivity index (χ3v) is 3.32. The van der Waals surface area contributed by atoms with E-state index in [4.69, 9.17) is 9.47 Å². The predicted molar refractivity (Wildman–Crippen MR) is 75.9 cm³/mol. The van der Waals surface area contributed by atoms with Crippen molar-refractivity contribution >= 4 is 5.91 Å². The molecule has 0 radical (unpaired) electrons. The zero-order chi connectivity index (χ0) is 14.6. The molecule has 1 saturated heterocycles. The van der Waals surface area contributed by atoms with Crippen LogP contribution in [0.5, 0.6) is 5.88 Å². The molecule has 0 aliphatic carbocycles. The highest BCUT2D eigenvalue weighted by Crippen LogP contribution is 2.20. The maximum absolute atomic E-state index is 12.3. The number of nitrogens with one attached hydrogen (secondary N) is 1. The van der Waals surface area contributed by atoms with Crippen molar-refractivity contribution in [1.82, 2.24) is 10.3 Å². The second kappa shape index (κ2) is 6.22. The Morgan fingerprint density at radius 1 is 1.40 bits per heavy atom. The Morgan fingerprint density at radius 2 is 2.10 bits per heavy atom. The number of nitrogens with zero attached hydrogens (tertiary/aromatic N) is 1. The summed E-state index contributed by atoms with van der Waals surface area (Å²) >= 11 is 0. The maximum atomic E-state index is 12.3. The Hall–Kier alpha value is -1.62. The van der Waals surface area contributed by atoms with Gasteiger partial charge in [0, 0.05) is 24.8 Å². The highest BCUT2D eigenvalue weighted by atomic mass is 16.5. The summed E-state index contributed by atoms with van der Waals surface area (Å²) in [6.45, 7) is 7.26. The van der Waals surface area contributed by atoms with Gasteiger partial charge in [-0.2, -0.15) is 0 Å². The first-order valence-corrected chi connectivity index (χ1v) is 7.02. The second-order valence-electron chi connectivity index (χ2n) is 5.65. The van der Waals surface area contributed by atoms with Crippen molar-refractivity contribution in [2.45, 2.75) is 45.3 Å². The first-order chi connectivity index (χ1) is 9.48. The summed E-state index contributed by atoms with van der Waals surface area (Å²) in [5, 5.41) is 3.06. The molecule has 1 aliphatic heterocycles. The number of ether oxygens (including phenoxy) is 2. The summed E-state index contributed by atoms with van der Waals surface area (Å²) in [5.41, 5.74) is 0.169. The van der Waals surface area contributed by atoms with Gasteiger partial charge < -0.3 is 14.8 Å². The van der Waals surface area contributed by atoms with E-state index >= 15 is 0 Å². The van der Waals surface area contributed by atoms with E-state index in [1.807, 2.05) is 20.8 Å². The van der Waals surface area contributed by atoms with Gasteiger partial charge in [-0.3, -0.25) is 4.79 Å². The number of pyridine rings is 1. The van der Waals surface area contributed by atoms with Crippen LogP contribution in [-0.2, 0) is 4.74 Å². The van der Waals surface area contributed by atoms with Gasteiger partial charge in [0.05, 0.1) is 6.10 Å². The average molecular weight is 278 g/mol. The van der Waals surface area contributed by atoms with Crippen LogP contribution in [0.2, 0.25) is 0 Å². The fraction of sp³-hybridized carbons (Fsp3) is 0.600. The van der Waals surface area contributed by atoms with E-state index in [9.17, 15) is 4.79 Å². The Bertz CT molecular complexity index is 468. The Morgan fingerprint density at radius 3 is 2.75 bits per heavy atom. The molecular formula is C15H22N2O3. The molecule has 1 aromatic heterocycles. The molecule has 0 unspecified atom stereocenters. The SMILES string of the molecule is CC(C)Oc1cccc(C(=O)NC2(C)CCOCC2)n1. The third kappa shape index (κ3) is 3.93. The van der Waals surface area contributed by atoms with Crippen molar-refractivity contribution in [3.63, 3.8) is 0 Å². The quantitative estimate of drug-likeness (QED) is 0.917. The molecule has 1 aromatic rings. The largest absolute Gasteiger partial charge is 0.475 e. The van der Waals surface area contributed by atoms with Crippen molar-refractivity contribution in [3.8, 4) is 5.88 Å². The average Bonchev–Trinajstić information content (AvgIpc) is 2.38. The number of carbonyl (C=O) groups excluding carboxylic acids is 1. The maximum Gasteiger partial charge on any atom is 0.270 e. The van der Waals surface area contributed by atoms with Gasteiger partial charge in [0.15, 0.2) is 0 Å². The minimum atomic E-state index is -0.216. The van der Waals surface area contributed by atoms with Crippen molar-refractivity contribution in [2.24, 2.45) is 0 Å². The van der Waals surface area contributed by atoms with Gasteiger partial charge in [-0.05, 0) is 39.7 Å². The molecule has 1 aliphatic rings. The molecule has 2 rings (SSSR count). The zero-order valence-electron chi connectivity index (χ0n) is 12.3. The summed E-state index contributed by atoms with van der Waals surface area (Å²) in [6.07, 6.45) is 1.68. The number of rotatable bonds is 4. The molecule has 1 N–H and O–H groups in total. The van der Waals surface area contributed by atoms with Crippen LogP contribution in [0.1, 0.15) is 44.1 Å². The molecule has 110 valence electrons. The lowest BCUT2D eigenvalue weighted by molar-refractivity contribution is 0.0421. The van der Waals surface area contributed by atoms with E-state index < -0.39 is 0 Å². The fourth-order valence-corrected chi connectivity index (χ4v) is 2.13. The smallest absolute Gasteiger partial charge is 0.270 e. The van der Waals surface area contributed by atoms with Gasteiger partial charge in [0.25, 0.3) is 5.91 Å². The van der Waals surface area contributed by atoms with Gasteiger partial charge in [-0.15, -0.1) is 0 Å². The van der Waals surface area contributed by atoms with Crippen LogP contribution < -0.4 is 10.1 Å². The molecule has 5 nitrogen and oxygen atoms in total. The minimum absolute atomic E-state index is 0.0359. The van der Waals surface area contributed by atoms with Gasteiger partial charge in [-0.1, -0.05) is 6.07 Å². The van der Waals surface area contributed by atoms with E-state index in [1.54, 1.807) is 18.2 Å². The third-order valence-electron chi connectivity index (χ3n) is 3.32. The highest BCUT2D eigenvalue weighted by molar-refractivity contribution is 5.92. The standard InChI is InChI=1S/C15H22N2O3/c1-11(2)20-13-6-4-5-12(16-13)14(18)17-15(3)7-9-19-10-8-15/h4-6,11H,7-10H2,1-3H3,(H,17,18). The first-order valence-electron chi connectivity index (χ1n) is 7.02. The molecule has 5 heteroatoms. The Labute approximate surface area is 119 Å². The molecule has 0 aromatic carbocycles. The number of amides is 1. The Kier molecular flexibility index (Phi) is 4.60. The predicted octanol–water partition coefficient (Wildman–Crippen LogP) is 2.17. The van der Waals surface area contributed by atoms with E-state index in [2.05, 4.69) is 10.3 Å². The molecule has 1 fully saturated rings. The van der Waals surface area contributed by atoms with E-state index in [1.165, 1.54) is 0 Å². The topological polar surface area (TPSA) is 60.5 Å². The molecule has 1 amide bonds. The van der Waals surface area contributed by atoms with Crippen molar-refractivity contribution in [1.29, 1.82) is 0 Å². The lowest BCUT2D eigenvalue weighted by Crippen LogP contribution is -2.49. The summed E-state index contributed by atoms with van der Waals surface area (Å²) in [4.78, 5) is 16.5. The van der Waals surface area contributed by atoms with Gasteiger partial charge >= 0.3 is 0 Å². The number of aromatic nitrogens is 1. The lowest BCUT2D eigenvalue weighted by Gasteiger charge is -2.34. The summed E-state index contributed by atoms with van der Waals surface area (Å²) in [6, 6.07) is 5.24. The van der Waals surface area contributed by atoms with Crippen LogP contribution in [0.3, 0.4) is 0 Å². The fourth-order valence-electron chi connectivity index (χ4n) is 2.13. The van der Waals surface area contributed by atoms with E-state index in [-0.39, 0.29) is 17.6 Å². The number of hydrogen-bond acceptors (Lipinski definition) is 4. The van der Waals surface area contributed by atoms with Gasteiger partial charge in [0.2, 0.25) is 5.88 Å². The minimum Gasteiger partial charge on any atom is -0.475 e. The van der Waals surface area contributed by atoms with Gasteiger partial charge in [0.1, 0.15) is 5.69 Å². The van der Waals surface area contributed by atoms with Crippen LogP contribution in [-0.4, -0.2) is 35.7 Å². The summed E-state index contributed by atoms with van der Waals surface area (Å²) < 4.78 is 10.8. The summed E-state index contributed by atoms with van der Waals surface area (Å²) in [7, 11) is 0. The number of carbonyl (C=O) groups is 1. The van der Waals surface area contributed by atoms with E-state index in [0.717, 1.165) is 12.8 Å². The first kappa shape index (κ1) is 14.8. The normalized spacial score (nSPS) is 17.8. The molecule has 0 spiro atoms. The summed E-state index contributed by atoms with van der Waals surface area (Å²) in [5.74, 6) is 0.313. The number of hydrogen-bond donors (Lipinski definition) is 1. The lowest BCUT2D eigenvalue weighted by atomic mass is 9.92. The van der Waals surface area contributed by atoms with Gasteiger partial charge in [-0.25, -0.2) is 4.98 Å². The van der Waals surface area contributed by atoms with Crippen molar-refractivity contribution in [3.05, 3.63) is 23.9 Å². The van der Waals surface area contributed by atoms with Crippen LogP contribution >= 0.6 is 0 Å². The van der Waals surface area contributed by atoms with Crippen LogP contribution in [0.15, 0.2) is 18.2 Å². The van der Waals surface area contributed by atoms with Crippen LogP contribution in [0, 0.1) is 0 Å². The molecular weight excluding hydrogens is 256 g/mol. The van der Waals surface area contributed by atoms with E-state index in [0.29, 0.717) is 24.8 Å².